The van der Waals surface area contributed by atoms with Crippen LogP contribution in [0.5, 0.6) is 5.75 Å². The number of esters is 1. The van der Waals surface area contributed by atoms with Gasteiger partial charge in [0.2, 0.25) is 5.95 Å². The molecule has 0 bridgehead atoms. The summed E-state index contributed by atoms with van der Waals surface area (Å²) < 4.78 is 70.4. The van der Waals surface area contributed by atoms with Gasteiger partial charge in [-0.1, -0.05) is 0 Å². The Bertz CT molecular complexity index is 490. The molecule has 0 aliphatic rings. The number of hydrogen-bond donors (Lipinski definition) is 0. The van der Waals surface area contributed by atoms with Crippen molar-refractivity contribution in [1.29, 1.82) is 0 Å². The van der Waals surface area contributed by atoms with Gasteiger partial charge in [0.1, 0.15) is 6.67 Å². The van der Waals surface area contributed by atoms with Gasteiger partial charge < -0.3 is 9.47 Å². The van der Waals surface area contributed by atoms with Crippen molar-refractivity contribution in [2.75, 3.05) is 6.61 Å². The van der Waals surface area contributed by atoms with Crippen molar-refractivity contribution in [3.8, 4) is 5.75 Å². The third-order valence-electron chi connectivity index (χ3n) is 2.07. The van der Waals surface area contributed by atoms with Crippen LogP contribution in [-0.4, -0.2) is 23.9 Å². The van der Waals surface area contributed by atoms with Crippen molar-refractivity contribution in [3.63, 3.8) is 0 Å². The number of alkyl halides is 4. The molecule has 0 saturated carbocycles. The van der Waals surface area contributed by atoms with Crippen LogP contribution in [0.25, 0.3) is 0 Å². The summed E-state index contributed by atoms with van der Waals surface area (Å²) in [4.78, 5) is 14.3. The van der Waals surface area contributed by atoms with E-state index in [1.54, 1.807) is 0 Å². The standard InChI is InChI=1S/C11H10F5NO3/c1-2-19-9(18)4-7-8(20-11(14,15)16)3-6(5-12)10(13)17-7/h3H,2,4-5H2,1H3. The fourth-order valence-corrected chi connectivity index (χ4v) is 1.33. The topological polar surface area (TPSA) is 48.4 Å². The molecule has 0 spiro atoms. The van der Waals surface area contributed by atoms with Gasteiger partial charge in [0.25, 0.3) is 0 Å². The van der Waals surface area contributed by atoms with E-state index in [2.05, 4.69) is 14.5 Å². The average Bonchev–Trinajstić information content (AvgIpc) is 2.31. The number of aromatic nitrogens is 1. The molecule has 1 aromatic rings. The Hall–Kier alpha value is -1.93. The summed E-state index contributed by atoms with van der Waals surface area (Å²) in [7, 11) is 0. The third-order valence-corrected chi connectivity index (χ3v) is 2.07. The number of pyridine rings is 1. The quantitative estimate of drug-likeness (QED) is 0.476. The number of ether oxygens (including phenoxy) is 2. The number of carbonyl (C=O) groups is 1. The Morgan fingerprint density at radius 1 is 1.40 bits per heavy atom. The second-order valence-electron chi connectivity index (χ2n) is 3.55. The first-order chi connectivity index (χ1) is 9.26. The Morgan fingerprint density at radius 2 is 2.05 bits per heavy atom. The van der Waals surface area contributed by atoms with Crippen molar-refractivity contribution < 1.29 is 36.2 Å². The molecular weight excluding hydrogens is 289 g/mol. The van der Waals surface area contributed by atoms with Crippen molar-refractivity contribution in [1.82, 2.24) is 4.98 Å². The zero-order valence-electron chi connectivity index (χ0n) is 10.3. The second kappa shape index (κ2) is 6.49. The van der Waals surface area contributed by atoms with Crippen molar-refractivity contribution in [2.24, 2.45) is 0 Å². The van der Waals surface area contributed by atoms with Gasteiger partial charge in [-0.25, -0.2) is 9.37 Å². The Labute approximate surface area is 110 Å². The van der Waals surface area contributed by atoms with Gasteiger partial charge in [-0.15, -0.1) is 13.2 Å². The van der Waals surface area contributed by atoms with Crippen LogP contribution in [0.1, 0.15) is 18.2 Å². The minimum absolute atomic E-state index is 0.000654. The molecule has 1 rings (SSSR count). The molecule has 0 N–H and O–H groups in total. The van der Waals surface area contributed by atoms with Crippen LogP contribution in [0.3, 0.4) is 0 Å². The average molecular weight is 299 g/mol. The Morgan fingerprint density at radius 3 is 2.55 bits per heavy atom. The predicted molar refractivity (Wildman–Crippen MR) is 56.0 cm³/mol. The lowest BCUT2D eigenvalue weighted by molar-refractivity contribution is -0.275. The third kappa shape index (κ3) is 4.63. The van der Waals surface area contributed by atoms with Gasteiger partial charge in [-0.05, 0) is 13.0 Å². The minimum Gasteiger partial charge on any atom is -0.466 e. The largest absolute Gasteiger partial charge is 0.573 e. The van der Waals surface area contributed by atoms with Crippen LogP contribution in [0.15, 0.2) is 6.07 Å². The van der Waals surface area contributed by atoms with E-state index >= 15 is 0 Å². The summed E-state index contributed by atoms with van der Waals surface area (Å²) in [5.41, 5.74) is -1.31. The van der Waals surface area contributed by atoms with E-state index in [4.69, 9.17) is 0 Å². The molecule has 9 heteroatoms. The maximum Gasteiger partial charge on any atom is 0.573 e. The Kier molecular flexibility index (Phi) is 5.23. The minimum atomic E-state index is -5.07. The molecule has 0 radical (unpaired) electrons. The van der Waals surface area contributed by atoms with Crippen molar-refractivity contribution >= 4 is 5.97 Å². The second-order valence-corrected chi connectivity index (χ2v) is 3.55. The van der Waals surface area contributed by atoms with E-state index < -0.39 is 48.4 Å². The molecule has 0 aliphatic heterocycles. The van der Waals surface area contributed by atoms with Crippen LogP contribution in [0.4, 0.5) is 22.0 Å². The molecule has 0 unspecified atom stereocenters. The molecule has 0 atom stereocenters. The molecular formula is C11H10F5NO3. The number of halogens is 5. The number of rotatable bonds is 5. The highest BCUT2D eigenvalue weighted by molar-refractivity contribution is 5.72. The summed E-state index contributed by atoms with van der Waals surface area (Å²) >= 11 is 0. The van der Waals surface area contributed by atoms with E-state index in [-0.39, 0.29) is 6.61 Å². The first-order valence-corrected chi connectivity index (χ1v) is 5.42. The molecule has 112 valence electrons. The van der Waals surface area contributed by atoms with E-state index in [1.165, 1.54) is 6.92 Å². The van der Waals surface area contributed by atoms with Crippen molar-refractivity contribution in [3.05, 3.63) is 23.3 Å². The van der Waals surface area contributed by atoms with Crippen LogP contribution < -0.4 is 4.74 Å². The van der Waals surface area contributed by atoms with Crippen LogP contribution in [0.2, 0.25) is 0 Å². The van der Waals surface area contributed by atoms with Gasteiger partial charge in [0.05, 0.1) is 18.7 Å². The summed E-state index contributed by atoms with van der Waals surface area (Å²) in [6.07, 6.45) is -5.79. The zero-order chi connectivity index (χ0) is 15.3. The van der Waals surface area contributed by atoms with Crippen molar-refractivity contribution in [2.45, 2.75) is 26.4 Å². The van der Waals surface area contributed by atoms with Gasteiger partial charge in [0, 0.05) is 5.56 Å². The highest BCUT2D eigenvalue weighted by Crippen LogP contribution is 2.28. The van der Waals surface area contributed by atoms with Crippen LogP contribution >= 0.6 is 0 Å². The lowest BCUT2D eigenvalue weighted by atomic mass is 10.2. The smallest absolute Gasteiger partial charge is 0.466 e. The zero-order valence-corrected chi connectivity index (χ0v) is 10.3. The molecule has 0 fully saturated rings. The first kappa shape index (κ1) is 16.1. The molecule has 0 aromatic carbocycles. The monoisotopic (exact) mass is 299 g/mol. The van der Waals surface area contributed by atoms with Gasteiger partial charge in [-0.3, -0.25) is 4.79 Å². The molecule has 0 amide bonds. The van der Waals surface area contributed by atoms with E-state index in [0.717, 1.165) is 0 Å². The SMILES string of the molecule is CCOC(=O)Cc1nc(F)c(CF)cc1OC(F)(F)F. The molecule has 0 aliphatic carbocycles. The lowest BCUT2D eigenvalue weighted by Crippen LogP contribution is -2.20. The maximum atomic E-state index is 13.3. The molecule has 1 aromatic heterocycles. The molecule has 20 heavy (non-hydrogen) atoms. The summed E-state index contributed by atoms with van der Waals surface area (Å²) in [6.45, 7) is 0.136. The van der Waals surface area contributed by atoms with E-state index in [9.17, 15) is 26.7 Å². The molecule has 1 heterocycles. The van der Waals surface area contributed by atoms with Crippen LogP contribution in [-0.2, 0) is 22.6 Å². The van der Waals surface area contributed by atoms with Gasteiger partial charge in [-0.2, -0.15) is 4.39 Å². The van der Waals surface area contributed by atoms with Gasteiger partial charge in [0.15, 0.2) is 5.75 Å². The number of hydrogen-bond acceptors (Lipinski definition) is 4. The number of nitrogens with zero attached hydrogens (tertiary/aromatic N) is 1. The highest BCUT2D eigenvalue weighted by atomic mass is 19.4. The Balaban J connectivity index is 3.12. The summed E-state index contributed by atoms with van der Waals surface area (Å²) in [6, 6.07) is 0.518. The predicted octanol–water partition coefficient (Wildman–Crippen LogP) is 2.69. The van der Waals surface area contributed by atoms with Crippen LogP contribution in [0, 0.1) is 5.95 Å². The summed E-state index contributed by atoms with van der Waals surface area (Å²) in [5, 5.41) is 0. The summed E-state index contributed by atoms with van der Waals surface area (Å²) in [5.74, 6) is -3.14. The first-order valence-electron chi connectivity index (χ1n) is 5.42. The lowest BCUT2D eigenvalue weighted by Gasteiger charge is -2.13. The van der Waals surface area contributed by atoms with E-state index in [0.29, 0.717) is 6.07 Å². The maximum absolute atomic E-state index is 13.3. The molecule has 4 nitrogen and oxygen atoms in total. The fourth-order valence-electron chi connectivity index (χ4n) is 1.33. The molecule has 0 saturated heterocycles. The normalized spacial score (nSPS) is 11.3. The van der Waals surface area contributed by atoms with Gasteiger partial charge >= 0.3 is 12.3 Å². The number of carbonyl (C=O) groups excluding carboxylic acids is 1. The fraction of sp³-hybridized carbons (Fsp3) is 0.455. The highest BCUT2D eigenvalue weighted by Gasteiger charge is 2.33. The van der Waals surface area contributed by atoms with E-state index in [1.807, 2.05) is 0 Å².